The second kappa shape index (κ2) is 4.09. The predicted octanol–water partition coefficient (Wildman–Crippen LogP) is 1.91. The molecule has 0 atom stereocenters. The highest BCUT2D eigenvalue weighted by atomic mass is 16.5. The van der Waals surface area contributed by atoms with E-state index in [2.05, 4.69) is 4.74 Å². The van der Waals surface area contributed by atoms with Crippen LogP contribution in [0.15, 0.2) is 11.1 Å². The Morgan fingerprint density at radius 3 is 2.10 bits per heavy atom. The zero-order valence-electron chi connectivity index (χ0n) is 7.02. The lowest BCUT2D eigenvalue weighted by Crippen LogP contribution is -2.00. The monoisotopic (exact) mass is 142 g/mol. The summed E-state index contributed by atoms with van der Waals surface area (Å²) in [6.45, 7) is 5.91. The summed E-state index contributed by atoms with van der Waals surface area (Å²) < 4.78 is 4.50. The molecule has 0 amide bonds. The van der Waals surface area contributed by atoms with Gasteiger partial charge in [-0.3, -0.25) is 4.79 Å². The lowest BCUT2D eigenvalue weighted by molar-refractivity contribution is -0.139. The third-order valence-electron chi connectivity index (χ3n) is 1.49. The summed E-state index contributed by atoms with van der Waals surface area (Å²) in [7, 11) is 1.40. The van der Waals surface area contributed by atoms with Crippen molar-refractivity contribution in [2.24, 2.45) is 0 Å². The van der Waals surface area contributed by atoms with Crippen molar-refractivity contribution < 1.29 is 9.53 Å². The number of hydrogen-bond acceptors (Lipinski definition) is 2. The van der Waals surface area contributed by atoms with Crippen LogP contribution in [0, 0.1) is 0 Å². The van der Waals surface area contributed by atoms with Crippen LogP contribution in [-0.4, -0.2) is 13.1 Å². The van der Waals surface area contributed by atoms with Crippen LogP contribution < -0.4 is 0 Å². The van der Waals surface area contributed by atoms with E-state index >= 15 is 0 Å². The van der Waals surface area contributed by atoms with Crippen molar-refractivity contribution in [1.29, 1.82) is 0 Å². The van der Waals surface area contributed by atoms with Gasteiger partial charge in [0.05, 0.1) is 13.5 Å². The molecule has 0 bridgehead atoms. The van der Waals surface area contributed by atoms with Crippen LogP contribution in [0.1, 0.15) is 27.2 Å². The third kappa shape index (κ3) is 3.28. The second-order valence-electron chi connectivity index (χ2n) is 2.53. The number of rotatable bonds is 2. The molecule has 0 aliphatic rings. The number of ether oxygens (including phenoxy) is 1. The van der Waals surface area contributed by atoms with Crippen LogP contribution in [0.5, 0.6) is 0 Å². The van der Waals surface area contributed by atoms with E-state index in [-0.39, 0.29) is 5.97 Å². The molecule has 0 heterocycles. The molecule has 0 aliphatic carbocycles. The summed E-state index contributed by atoms with van der Waals surface area (Å²) >= 11 is 0. The summed E-state index contributed by atoms with van der Waals surface area (Å²) in [4.78, 5) is 10.7. The number of esters is 1. The fraction of sp³-hybridized carbons (Fsp3) is 0.625. The van der Waals surface area contributed by atoms with Gasteiger partial charge >= 0.3 is 5.97 Å². The zero-order chi connectivity index (χ0) is 8.15. The Morgan fingerprint density at radius 1 is 1.30 bits per heavy atom. The van der Waals surface area contributed by atoms with Crippen molar-refractivity contribution in [1.82, 2.24) is 0 Å². The number of methoxy groups -OCH3 is 1. The maximum atomic E-state index is 10.7. The molecule has 0 fully saturated rings. The molecule has 0 saturated heterocycles. The van der Waals surface area contributed by atoms with E-state index in [0.717, 1.165) is 5.57 Å². The van der Waals surface area contributed by atoms with Gasteiger partial charge < -0.3 is 4.74 Å². The minimum Gasteiger partial charge on any atom is -0.469 e. The van der Waals surface area contributed by atoms with Gasteiger partial charge in [0.15, 0.2) is 0 Å². The minimum absolute atomic E-state index is 0.168. The van der Waals surface area contributed by atoms with Crippen LogP contribution in [-0.2, 0) is 9.53 Å². The summed E-state index contributed by atoms with van der Waals surface area (Å²) in [5.41, 5.74) is 2.28. The first-order chi connectivity index (χ1) is 4.57. The maximum absolute atomic E-state index is 10.7. The van der Waals surface area contributed by atoms with Gasteiger partial charge in [-0.1, -0.05) is 11.1 Å². The van der Waals surface area contributed by atoms with E-state index in [0.29, 0.717) is 6.42 Å². The maximum Gasteiger partial charge on any atom is 0.309 e. The van der Waals surface area contributed by atoms with Gasteiger partial charge in [-0.15, -0.1) is 0 Å². The standard InChI is InChI=1S/C8H14O2/c1-6(2)7(3)5-8(9)10-4/h5H2,1-4H3. The van der Waals surface area contributed by atoms with Crippen molar-refractivity contribution in [3.63, 3.8) is 0 Å². The quantitative estimate of drug-likeness (QED) is 0.435. The SMILES string of the molecule is COC(=O)CC(C)=C(C)C. The van der Waals surface area contributed by atoms with Gasteiger partial charge in [-0.25, -0.2) is 0 Å². The molecule has 0 saturated carbocycles. The molecule has 0 spiro atoms. The second-order valence-corrected chi connectivity index (χ2v) is 2.53. The van der Waals surface area contributed by atoms with Crippen LogP contribution in [0.25, 0.3) is 0 Å². The van der Waals surface area contributed by atoms with Gasteiger partial charge in [0.2, 0.25) is 0 Å². The molecule has 0 rings (SSSR count). The van der Waals surface area contributed by atoms with Gasteiger partial charge in [-0.05, 0) is 20.8 Å². The molecule has 2 heteroatoms. The van der Waals surface area contributed by atoms with Crippen molar-refractivity contribution in [3.8, 4) is 0 Å². The molecular weight excluding hydrogens is 128 g/mol. The van der Waals surface area contributed by atoms with Crippen molar-refractivity contribution in [2.45, 2.75) is 27.2 Å². The lowest BCUT2D eigenvalue weighted by atomic mass is 10.1. The Bertz CT molecular complexity index is 153. The van der Waals surface area contributed by atoms with Gasteiger partial charge in [0, 0.05) is 0 Å². The van der Waals surface area contributed by atoms with Crippen LogP contribution in [0.4, 0.5) is 0 Å². The highest BCUT2D eigenvalue weighted by Crippen LogP contribution is 2.06. The Labute approximate surface area is 61.9 Å². The fourth-order valence-corrected chi connectivity index (χ4v) is 0.465. The van der Waals surface area contributed by atoms with Crippen LogP contribution in [0.2, 0.25) is 0 Å². The third-order valence-corrected chi connectivity index (χ3v) is 1.49. The summed E-state index contributed by atoms with van der Waals surface area (Å²) in [5, 5.41) is 0. The van der Waals surface area contributed by atoms with E-state index in [1.54, 1.807) is 0 Å². The smallest absolute Gasteiger partial charge is 0.309 e. The van der Waals surface area contributed by atoms with Gasteiger partial charge in [-0.2, -0.15) is 0 Å². The molecule has 0 radical (unpaired) electrons. The average Bonchev–Trinajstić information content (AvgIpc) is 1.87. The molecule has 0 N–H and O–H groups in total. The van der Waals surface area contributed by atoms with Crippen molar-refractivity contribution in [3.05, 3.63) is 11.1 Å². The first-order valence-electron chi connectivity index (χ1n) is 3.27. The lowest BCUT2D eigenvalue weighted by Gasteiger charge is -2.00. The molecule has 0 aromatic heterocycles. The zero-order valence-corrected chi connectivity index (χ0v) is 7.02. The molecule has 58 valence electrons. The van der Waals surface area contributed by atoms with E-state index in [1.807, 2.05) is 20.8 Å². The largest absolute Gasteiger partial charge is 0.469 e. The molecule has 2 nitrogen and oxygen atoms in total. The van der Waals surface area contributed by atoms with Crippen molar-refractivity contribution >= 4 is 5.97 Å². The molecule has 0 aromatic carbocycles. The topological polar surface area (TPSA) is 26.3 Å². The summed E-state index contributed by atoms with van der Waals surface area (Å²) in [6, 6.07) is 0. The van der Waals surface area contributed by atoms with E-state index in [9.17, 15) is 4.79 Å². The minimum atomic E-state index is -0.168. The van der Waals surface area contributed by atoms with Gasteiger partial charge in [0.25, 0.3) is 0 Å². The van der Waals surface area contributed by atoms with Crippen LogP contribution in [0.3, 0.4) is 0 Å². The van der Waals surface area contributed by atoms with E-state index in [1.165, 1.54) is 12.7 Å². The van der Waals surface area contributed by atoms with Gasteiger partial charge in [0.1, 0.15) is 0 Å². The Kier molecular flexibility index (Phi) is 3.77. The first-order valence-corrected chi connectivity index (χ1v) is 3.27. The summed E-state index contributed by atoms with van der Waals surface area (Å²) in [6.07, 6.45) is 0.416. The predicted molar refractivity (Wildman–Crippen MR) is 40.7 cm³/mol. The number of hydrogen-bond donors (Lipinski definition) is 0. The van der Waals surface area contributed by atoms with Crippen LogP contribution >= 0.6 is 0 Å². The number of carbonyl (C=O) groups is 1. The highest BCUT2D eigenvalue weighted by molar-refractivity contribution is 5.72. The Balaban J connectivity index is 3.92. The fourth-order valence-electron chi connectivity index (χ4n) is 0.465. The molecular formula is C8H14O2. The van der Waals surface area contributed by atoms with Crippen molar-refractivity contribution in [2.75, 3.05) is 7.11 Å². The molecule has 0 unspecified atom stereocenters. The molecule has 0 aromatic rings. The number of carbonyl (C=O) groups excluding carboxylic acids is 1. The van der Waals surface area contributed by atoms with E-state index in [4.69, 9.17) is 0 Å². The Hall–Kier alpha value is -0.790. The average molecular weight is 142 g/mol. The van der Waals surface area contributed by atoms with E-state index < -0.39 is 0 Å². The summed E-state index contributed by atoms with van der Waals surface area (Å²) in [5.74, 6) is -0.168. The molecule has 10 heavy (non-hydrogen) atoms. The highest BCUT2D eigenvalue weighted by Gasteiger charge is 2.01. The molecule has 0 aliphatic heterocycles. The first kappa shape index (κ1) is 9.21. The Morgan fingerprint density at radius 2 is 1.80 bits per heavy atom. The normalized spacial score (nSPS) is 8.80. The number of allylic oxidation sites excluding steroid dienone is 1.